The Hall–Kier alpha value is -1.28. The van der Waals surface area contributed by atoms with E-state index < -0.39 is 0 Å². The van der Waals surface area contributed by atoms with Crippen molar-refractivity contribution in [2.45, 2.75) is 20.8 Å². The van der Waals surface area contributed by atoms with E-state index in [1.165, 1.54) is 11.1 Å². The maximum Gasteiger partial charge on any atom is 0.118 e. The zero-order chi connectivity index (χ0) is 12.2. The molecule has 1 aromatic rings. The molecule has 0 aliphatic heterocycles. The number of benzene rings is 1. The van der Waals surface area contributed by atoms with Gasteiger partial charge < -0.3 is 10.5 Å². The molecule has 0 aliphatic carbocycles. The summed E-state index contributed by atoms with van der Waals surface area (Å²) >= 11 is 0. The molecule has 0 aromatic heterocycles. The molecule has 0 unspecified atom stereocenters. The number of hydrogen-bond donors (Lipinski definition) is 1. The molecule has 0 heterocycles. The van der Waals surface area contributed by atoms with Crippen molar-refractivity contribution in [1.82, 2.24) is 0 Å². The van der Waals surface area contributed by atoms with Gasteiger partial charge in [-0.25, -0.2) is 0 Å². The van der Waals surface area contributed by atoms with Gasteiger partial charge in [-0.15, -0.1) is 0 Å². The molecule has 88 valence electrons. The normalized spacial score (nSPS) is 12.7. The Morgan fingerprint density at radius 3 is 2.19 bits per heavy atom. The van der Waals surface area contributed by atoms with Gasteiger partial charge in [-0.1, -0.05) is 39.0 Å². The fraction of sp³-hybridized carbons (Fsp3) is 0.429. The third-order valence-electron chi connectivity index (χ3n) is 2.53. The van der Waals surface area contributed by atoms with Crippen LogP contribution in [0.4, 0.5) is 0 Å². The quantitative estimate of drug-likeness (QED) is 0.848. The van der Waals surface area contributed by atoms with Crippen LogP contribution in [0.3, 0.4) is 0 Å². The minimum Gasteiger partial charge on any atom is -0.497 e. The molecule has 0 fully saturated rings. The molecule has 0 aliphatic rings. The van der Waals surface area contributed by atoms with Crippen molar-refractivity contribution in [1.29, 1.82) is 0 Å². The SMILES string of the molecule is COc1ccc(/C(=C\CN)C(C)(C)C)cc1. The van der Waals surface area contributed by atoms with Crippen molar-refractivity contribution < 1.29 is 4.74 Å². The van der Waals surface area contributed by atoms with Gasteiger partial charge >= 0.3 is 0 Å². The van der Waals surface area contributed by atoms with E-state index in [0.29, 0.717) is 6.54 Å². The summed E-state index contributed by atoms with van der Waals surface area (Å²) in [6.07, 6.45) is 2.09. The minimum atomic E-state index is 0.105. The molecular weight excluding hydrogens is 198 g/mol. The molecule has 0 amide bonds. The Balaban J connectivity index is 3.08. The Labute approximate surface area is 98.1 Å². The van der Waals surface area contributed by atoms with Crippen molar-refractivity contribution in [2.24, 2.45) is 11.1 Å². The van der Waals surface area contributed by atoms with Gasteiger partial charge in [0.15, 0.2) is 0 Å². The van der Waals surface area contributed by atoms with E-state index >= 15 is 0 Å². The third kappa shape index (κ3) is 3.11. The van der Waals surface area contributed by atoms with Gasteiger partial charge in [0.1, 0.15) is 5.75 Å². The number of allylic oxidation sites excluding steroid dienone is 1. The first-order valence-electron chi connectivity index (χ1n) is 5.54. The summed E-state index contributed by atoms with van der Waals surface area (Å²) in [5.74, 6) is 0.879. The lowest BCUT2D eigenvalue weighted by atomic mass is 9.82. The molecule has 0 saturated carbocycles. The van der Waals surface area contributed by atoms with E-state index in [4.69, 9.17) is 10.5 Å². The Morgan fingerprint density at radius 2 is 1.81 bits per heavy atom. The zero-order valence-corrected chi connectivity index (χ0v) is 10.6. The Kier molecular flexibility index (Phi) is 4.13. The lowest BCUT2D eigenvalue weighted by Gasteiger charge is -2.23. The molecule has 2 nitrogen and oxygen atoms in total. The second-order valence-corrected chi connectivity index (χ2v) is 4.83. The van der Waals surface area contributed by atoms with Crippen LogP contribution in [-0.2, 0) is 0 Å². The Bertz CT molecular complexity index is 357. The maximum absolute atomic E-state index is 5.62. The molecule has 1 rings (SSSR count). The maximum atomic E-state index is 5.62. The highest BCUT2D eigenvalue weighted by Crippen LogP contribution is 2.34. The van der Waals surface area contributed by atoms with Crippen LogP contribution >= 0.6 is 0 Å². The zero-order valence-electron chi connectivity index (χ0n) is 10.6. The topological polar surface area (TPSA) is 35.2 Å². The third-order valence-corrected chi connectivity index (χ3v) is 2.53. The van der Waals surface area contributed by atoms with Crippen molar-refractivity contribution in [3.05, 3.63) is 35.9 Å². The van der Waals surface area contributed by atoms with Crippen LogP contribution in [-0.4, -0.2) is 13.7 Å². The van der Waals surface area contributed by atoms with Gasteiger partial charge in [0.25, 0.3) is 0 Å². The van der Waals surface area contributed by atoms with Gasteiger partial charge in [0.2, 0.25) is 0 Å². The number of methoxy groups -OCH3 is 1. The van der Waals surface area contributed by atoms with Crippen LogP contribution in [0.15, 0.2) is 30.3 Å². The molecule has 2 N–H and O–H groups in total. The van der Waals surface area contributed by atoms with Crippen LogP contribution in [0.25, 0.3) is 5.57 Å². The predicted molar refractivity (Wildman–Crippen MR) is 69.5 cm³/mol. The number of hydrogen-bond acceptors (Lipinski definition) is 2. The number of ether oxygens (including phenoxy) is 1. The monoisotopic (exact) mass is 219 g/mol. The fourth-order valence-corrected chi connectivity index (χ4v) is 1.75. The van der Waals surface area contributed by atoms with Crippen molar-refractivity contribution in [3.63, 3.8) is 0 Å². The summed E-state index contributed by atoms with van der Waals surface area (Å²) in [5, 5.41) is 0. The minimum absolute atomic E-state index is 0.105. The largest absolute Gasteiger partial charge is 0.497 e. The first kappa shape index (κ1) is 12.8. The van der Waals surface area contributed by atoms with E-state index in [1.54, 1.807) is 7.11 Å². The van der Waals surface area contributed by atoms with Crippen LogP contribution in [0.5, 0.6) is 5.75 Å². The van der Waals surface area contributed by atoms with Crippen molar-refractivity contribution in [2.75, 3.05) is 13.7 Å². The highest BCUT2D eigenvalue weighted by atomic mass is 16.5. The van der Waals surface area contributed by atoms with Gasteiger partial charge in [0.05, 0.1) is 7.11 Å². The summed E-state index contributed by atoms with van der Waals surface area (Å²) in [7, 11) is 1.68. The average molecular weight is 219 g/mol. The van der Waals surface area contributed by atoms with Crippen LogP contribution in [0, 0.1) is 5.41 Å². The summed E-state index contributed by atoms with van der Waals surface area (Å²) in [6, 6.07) is 8.11. The fourth-order valence-electron chi connectivity index (χ4n) is 1.75. The van der Waals surface area contributed by atoms with Crippen molar-refractivity contribution >= 4 is 5.57 Å². The average Bonchev–Trinajstić information content (AvgIpc) is 2.25. The summed E-state index contributed by atoms with van der Waals surface area (Å²) in [4.78, 5) is 0. The number of nitrogens with two attached hydrogens (primary N) is 1. The second kappa shape index (κ2) is 5.17. The molecule has 2 heteroatoms. The molecule has 16 heavy (non-hydrogen) atoms. The van der Waals surface area contributed by atoms with Gasteiger partial charge in [-0.2, -0.15) is 0 Å². The molecule has 0 radical (unpaired) electrons. The molecule has 0 bridgehead atoms. The van der Waals surface area contributed by atoms with E-state index in [-0.39, 0.29) is 5.41 Å². The van der Waals surface area contributed by atoms with E-state index in [1.807, 2.05) is 12.1 Å². The lowest BCUT2D eigenvalue weighted by Crippen LogP contribution is -2.10. The van der Waals surface area contributed by atoms with E-state index in [0.717, 1.165) is 5.75 Å². The smallest absolute Gasteiger partial charge is 0.118 e. The molecule has 0 atom stereocenters. The Morgan fingerprint density at radius 1 is 1.25 bits per heavy atom. The van der Waals surface area contributed by atoms with Crippen LogP contribution in [0.1, 0.15) is 26.3 Å². The van der Waals surface area contributed by atoms with Gasteiger partial charge in [0, 0.05) is 6.54 Å². The van der Waals surface area contributed by atoms with Crippen LogP contribution in [0.2, 0.25) is 0 Å². The summed E-state index contributed by atoms with van der Waals surface area (Å²) in [5.41, 5.74) is 8.21. The summed E-state index contributed by atoms with van der Waals surface area (Å²) < 4.78 is 5.15. The highest BCUT2D eigenvalue weighted by Gasteiger charge is 2.18. The molecule has 1 aromatic carbocycles. The van der Waals surface area contributed by atoms with Crippen LogP contribution < -0.4 is 10.5 Å². The van der Waals surface area contributed by atoms with Gasteiger partial charge in [-0.05, 0) is 28.7 Å². The standard InChI is InChI=1S/C14H21NO/c1-14(2,3)13(9-10-15)11-5-7-12(16-4)8-6-11/h5-9H,10,15H2,1-4H3/b13-9+. The molecule has 0 saturated heterocycles. The first-order chi connectivity index (χ1) is 7.49. The molecule has 0 spiro atoms. The second-order valence-electron chi connectivity index (χ2n) is 4.83. The van der Waals surface area contributed by atoms with E-state index in [2.05, 4.69) is 39.0 Å². The lowest BCUT2D eigenvalue weighted by molar-refractivity contribution is 0.414. The predicted octanol–water partition coefficient (Wildman–Crippen LogP) is 3.08. The van der Waals surface area contributed by atoms with Gasteiger partial charge in [-0.3, -0.25) is 0 Å². The van der Waals surface area contributed by atoms with Crippen molar-refractivity contribution in [3.8, 4) is 5.75 Å². The number of rotatable bonds is 3. The first-order valence-corrected chi connectivity index (χ1v) is 5.54. The molecular formula is C14H21NO. The highest BCUT2D eigenvalue weighted by molar-refractivity contribution is 5.70. The summed E-state index contributed by atoms with van der Waals surface area (Å²) in [6.45, 7) is 7.15. The van der Waals surface area contributed by atoms with E-state index in [9.17, 15) is 0 Å².